The maximum atomic E-state index is 13.0. The highest BCUT2D eigenvalue weighted by molar-refractivity contribution is 5.94. The lowest BCUT2D eigenvalue weighted by molar-refractivity contribution is -0.137. The summed E-state index contributed by atoms with van der Waals surface area (Å²) in [6.07, 6.45) is -0.0490. The number of hydrogen-bond acceptors (Lipinski definition) is 2. The molecule has 2 aromatic rings. The van der Waals surface area contributed by atoms with E-state index in [4.69, 9.17) is 0 Å². The van der Waals surface area contributed by atoms with Gasteiger partial charge in [-0.25, -0.2) is 4.68 Å². The van der Waals surface area contributed by atoms with Crippen LogP contribution in [0.2, 0.25) is 0 Å². The standard InChI is InChI=1S/C18H18F3N3O/c19-18(20,21)12-5-3-6-13(11-12)24-15-8-4-7-14(15)16(22-24)17(25)23-9-1-2-10-23/h3,5-6,11H,1-2,4,7-10H2. The highest BCUT2D eigenvalue weighted by Gasteiger charge is 2.33. The van der Waals surface area contributed by atoms with Crippen LogP contribution in [-0.4, -0.2) is 33.7 Å². The second-order valence-corrected chi connectivity index (χ2v) is 6.59. The first kappa shape index (κ1) is 16.2. The predicted octanol–water partition coefficient (Wildman–Crippen LogP) is 3.62. The SMILES string of the molecule is O=C(c1nn(-c2cccc(C(F)(F)F)c2)c2c1CCC2)N1CCCC1. The third-order valence-corrected chi connectivity index (χ3v) is 4.94. The van der Waals surface area contributed by atoms with Gasteiger partial charge in [-0.1, -0.05) is 6.07 Å². The van der Waals surface area contributed by atoms with Crippen molar-refractivity contribution >= 4 is 5.91 Å². The largest absolute Gasteiger partial charge is 0.416 e. The van der Waals surface area contributed by atoms with Crippen molar-refractivity contribution in [3.8, 4) is 5.69 Å². The third kappa shape index (κ3) is 2.81. The van der Waals surface area contributed by atoms with Gasteiger partial charge in [-0.05, 0) is 50.3 Å². The first-order chi connectivity index (χ1) is 11.9. The minimum Gasteiger partial charge on any atom is -0.337 e. The van der Waals surface area contributed by atoms with E-state index in [-0.39, 0.29) is 5.91 Å². The molecule has 0 unspecified atom stereocenters. The first-order valence-corrected chi connectivity index (χ1v) is 8.53. The smallest absolute Gasteiger partial charge is 0.337 e. The van der Waals surface area contributed by atoms with Crippen LogP contribution >= 0.6 is 0 Å². The molecule has 7 heteroatoms. The Morgan fingerprint density at radius 3 is 2.56 bits per heavy atom. The number of hydrogen-bond donors (Lipinski definition) is 0. The Morgan fingerprint density at radius 2 is 1.84 bits per heavy atom. The number of fused-ring (bicyclic) bond motifs is 1. The molecule has 0 N–H and O–H groups in total. The number of amides is 1. The van der Waals surface area contributed by atoms with E-state index >= 15 is 0 Å². The van der Waals surface area contributed by atoms with Crippen LogP contribution < -0.4 is 0 Å². The maximum Gasteiger partial charge on any atom is 0.416 e. The highest BCUT2D eigenvalue weighted by atomic mass is 19.4. The van der Waals surface area contributed by atoms with Crippen molar-refractivity contribution in [2.45, 2.75) is 38.3 Å². The molecule has 1 aromatic carbocycles. The molecular weight excluding hydrogens is 331 g/mol. The van der Waals surface area contributed by atoms with Gasteiger partial charge in [-0.15, -0.1) is 0 Å². The number of likely N-dealkylation sites (tertiary alicyclic amines) is 1. The molecule has 0 atom stereocenters. The molecule has 132 valence electrons. The van der Waals surface area contributed by atoms with Crippen molar-refractivity contribution in [1.82, 2.24) is 14.7 Å². The maximum absolute atomic E-state index is 13.0. The molecule has 0 spiro atoms. The zero-order valence-corrected chi connectivity index (χ0v) is 13.6. The number of halogens is 3. The number of carbonyl (C=O) groups is 1. The van der Waals surface area contributed by atoms with E-state index in [1.165, 1.54) is 10.7 Å². The number of aromatic nitrogens is 2. The summed E-state index contributed by atoms with van der Waals surface area (Å²) in [6, 6.07) is 5.12. The zero-order valence-electron chi connectivity index (χ0n) is 13.6. The van der Waals surface area contributed by atoms with E-state index < -0.39 is 11.7 Å². The Labute approximate surface area is 143 Å². The minimum absolute atomic E-state index is 0.0959. The quantitative estimate of drug-likeness (QED) is 0.831. The van der Waals surface area contributed by atoms with Gasteiger partial charge in [0.15, 0.2) is 5.69 Å². The van der Waals surface area contributed by atoms with Gasteiger partial charge in [0.2, 0.25) is 0 Å². The Balaban J connectivity index is 1.76. The Hall–Kier alpha value is -2.31. The highest BCUT2D eigenvalue weighted by Crippen LogP contribution is 2.33. The fraction of sp³-hybridized carbons (Fsp3) is 0.444. The second kappa shape index (κ2) is 5.89. The van der Waals surface area contributed by atoms with Gasteiger partial charge in [0.1, 0.15) is 0 Å². The summed E-state index contributed by atoms with van der Waals surface area (Å²) in [5.41, 5.74) is 1.82. The van der Waals surface area contributed by atoms with Gasteiger partial charge in [-0.3, -0.25) is 4.79 Å². The van der Waals surface area contributed by atoms with E-state index in [0.717, 1.165) is 68.6 Å². The van der Waals surface area contributed by atoms with Crippen molar-refractivity contribution in [2.75, 3.05) is 13.1 Å². The first-order valence-electron chi connectivity index (χ1n) is 8.53. The van der Waals surface area contributed by atoms with E-state index in [9.17, 15) is 18.0 Å². The lowest BCUT2D eigenvalue weighted by atomic mass is 10.1. The molecule has 4 nitrogen and oxygen atoms in total. The lowest BCUT2D eigenvalue weighted by Gasteiger charge is -2.14. The van der Waals surface area contributed by atoms with Gasteiger partial charge in [0, 0.05) is 24.3 Å². The third-order valence-electron chi connectivity index (χ3n) is 4.94. The Kier molecular flexibility index (Phi) is 3.81. The minimum atomic E-state index is -4.40. The molecule has 2 heterocycles. The van der Waals surface area contributed by atoms with Gasteiger partial charge < -0.3 is 4.90 Å². The number of benzene rings is 1. The van der Waals surface area contributed by atoms with Gasteiger partial charge in [0.25, 0.3) is 5.91 Å². The summed E-state index contributed by atoms with van der Waals surface area (Å²) in [4.78, 5) is 14.5. The fourth-order valence-electron chi connectivity index (χ4n) is 3.71. The van der Waals surface area contributed by atoms with E-state index in [0.29, 0.717) is 11.4 Å². The van der Waals surface area contributed by atoms with Crippen LogP contribution in [0.4, 0.5) is 13.2 Å². The molecule has 1 aliphatic carbocycles. The molecule has 1 aliphatic heterocycles. The second-order valence-electron chi connectivity index (χ2n) is 6.59. The fourth-order valence-corrected chi connectivity index (χ4v) is 3.71. The number of rotatable bonds is 2. The van der Waals surface area contributed by atoms with Crippen molar-refractivity contribution < 1.29 is 18.0 Å². The average molecular weight is 349 g/mol. The van der Waals surface area contributed by atoms with Crippen LogP contribution in [0.5, 0.6) is 0 Å². The van der Waals surface area contributed by atoms with Gasteiger partial charge in [0.05, 0.1) is 11.3 Å². The molecular formula is C18H18F3N3O. The molecule has 0 radical (unpaired) electrons. The van der Waals surface area contributed by atoms with Crippen LogP contribution in [0.15, 0.2) is 24.3 Å². The molecule has 0 saturated carbocycles. The molecule has 2 aliphatic rings. The topological polar surface area (TPSA) is 38.1 Å². The van der Waals surface area contributed by atoms with Crippen LogP contribution in [0.1, 0.15) is 46.6 Å². The van der Waals surface area contributed by atoms with Crippen molar-refractivity contribution in [3.05, 3.63) is 46.8 Å². The normalized spacial score (nSPS) is 17.2. The Morgan fingerprint density at radius 1 is 1.08 bits per heavy atom. The van der Waals surface area contributed by atoms with E-state index in [2.05, 4.69) is 5.10 Å². The monoisotopic (exact) mass is 349 g/mol. The molecule has 0 bridgehead atoms. The molecule has 1 fully saturated rings. The van der Waals surface area contributed by atoms with Crippen LogP contribution in [-0.2, 0) is 19.0 Å². The van der Waals surface area contributed by atoms with Crippen molar-refractivity contribution in [2.24, 2.45) is 0 Å². The van der Waals surface area contributed by atoms with Crippen LogP contribution in [0, 0.1) is 0 Å². The number of carbonyl (C=O) groups excluding carboxylic acids is 1. The lowest BCUT2D eigenvalue weighted by Crippen LogP contribution is -2.28. The molecule has 1 amide bonds. The summed E-state index contributed by atoms with van der Waals surface area (Å²) in [7, 11) is 0. The zero-order chi connectivity index (χ0) is 17.6. The Bertz CT molecular complexity index is 819. The molecule has 4 rings (SSSR count). The van der Waals surface area contributed by atoms with Gasteiger partial charge in [-0.2, -0.15) is 18.3 Å². The summed E-state index contributed by atoms with van der Waals surface area (Å²) in [5, 5.41) is 4.43. The van der Waals surface area contributed by atoms with Crippen molar-refractivity contribution in [3.63, 3.8) is 0 Å². The molecule has 25 heavy (non-hydrogen) atoms. The number of alkyl halides is 3. The summed E-state index contributed by atoms with van der Waals surface area (Å²) < 4.78 is 40.5. The van der Waals surface area contributed by atoms with Crippen LogP contribution in [0.25, 0.3) is 5.69 Å². The van der Waals surface area contributed by atoms with Crippen LogP contribution in [0.3, 0.4) is 0 Å². The average Bonchev–Trinajstić information content (AvgIpc) is 3.30. The number of nitrogens with zero attached hydrogens (tertiary/aromatic N) is 3. The molecule has 1 saturated heterocycles. The summed E-state index contributed by atoms with van der Waals surface area (Å²) in [5.74, 6) is -0.0959. The summed E-state index contributed by atoms with van der Waals surface area (Å²) in [6.45, 7) is 1.45. The molecule has 1 aromatic heterocycles. The summed E-state index contributed by atoms with van der Waals surface area (Å²) >= 11 is 0. The predicted molar refractivity (Wildman–Crippen MR) is 85.7 cm³/mol. The van der Waals surface area contributed by atoms with Crippen molar-refractivity contribution in [1.29, 1.82) is 0 Å². The van der Waals surface area contributed by atoms with E-state index in [1.807, 2.05) is 0 Å². The van der Waals surface area contributed by atoms with Gasteiger partial charge >= 0.3 is 6.18 Å². The van der Waals surface area contributed by atoms with E-state index in [1.54, 1.807) is 11.0 Å².